The minimum Gasteiger partial charge on any atom is -0.381 e. The van der Waals surface area contributed by atoms with Crippen molar-refractivity contribution < 1.29 is 9.53 Å². The van der Waals surface area contributed by atoms with Gasteiger partial charge in [-0.1, -0.05) is 12.5 Å². The first-order chi connectivity index (χ1) is 7.22. The van der Waals surface area contributed by atoms with Crippen molar-refractivity contribution in [2.45, 2.75) is 33.1 Å². The van der Waals surface area contributed by atoms with Gasteiger partial charge >= 0.3 is 0 Å². The van der Waals surface area contributed by atoms with Gasteiger partial charge in [-0.3, -0.25) is 4.79 Å². The summed E-state index contributed by atoms with van der Waals surface area (Å²) in [5, 5.41) is 2.92. The van der Waals surface area contributed by atoms with Crippen molar-refractivity contribution in [3.8, 4) is 0 Å². The molecule has 0 unspecified atom stereocenters. The van der Waals surface area contributed by atoms with E-state index in [0.717, 1.165) is 44.6 Å². The molecule has 1 heterocycles. The zero-order chi connectivity index (χ0) is 11.1. The molecule has 0 aromatic carbocycles. The zero-order valence-electron chi connectivity index (χ0n) is 9.71. The number of hydrogen-bond donors (Lipinski definition) is 1. The maximum atomic E-state index is 11.4. The maximum Gasteiger partial charge on any atom is 0.243 e. The van der Waals surface area contributed by atoms with E-state index in [9.17, 15) is 4.79 Å². The first-order valence-corrected chi connectivity index (χ1v) is 5.75. The number of carbonyl (C=O) groups is 1. The largest absolute Gasteiger partial charge is 0.381 e. The Kier molecular flexibility index (Phi) is 5.40. The van der Waals surface area contributed by atoms with Crippen LogP contribution in [0.25, 0.3) is 0 Å². The van der Waals surface area contributed by atoms with Gasteiger partial charge in [0.05, 0.1) is 6.61 Å². The van der Waals surface area contributed by atoms with E-state index in [4.69, 9.17) is 4.74 Å². The van der Waals surface area contributed by atoms with Gasteiger partial charge in [-0.05, 0) is 32.1 Å². The van der Waals surface area contributed by atoms with Gasteiger partial charge in [0.15, 0.2) is 0 Å². The Morgan fingerprint density at radius 1 is 1.60 bits per heavy atom. The summed E-state index contributed by atoms with van der Waals surface area (Å²) in [4.78, 5) is 11.4. The topological polar surface area (TPSA) is 38.3 Å². The number of hydrogen-bond acceptors (Lipinski definition) is 2. The van der Waals surface area contributed by atoms with E-state index in [1.807, 2.05) is 13.8 Å². The Morgan fingerprint density at radius 3 is 3.00 bits per heavy atom. The highest BCUT2D eigenvalue weighted by atomic mass is 16.5. The summed E-state index contributed by atoms with van der Waals surface area (Å²) in [6.45, 7) is 6.43. The Balaban J connectivity index is 2.21. The van der Waals surface area contributed by atoms with Gasteiger partial charge in [-0.15, -0.1) is 0 Å². The number of nitrogens with one attached hydrogen (secondary N) is 1. The fourth-order valence-electron chi connectivity index (χ4n) is 1.59. The van der Waals surface area contributed by atoms with Gasteiger partial charge in [0.1, 0.15) is 0 Å². The van der Waals surface area contributed by atoms with Crippen LogP contribution in [0.2, 0.25) is 0 Å². The standard InChI is InChI=1S/C12H21NO2/c1-3-10(2)7-12(14)13-8-11-5-4-6-15-9-11/h7,11H,3-6,8-9H2,1-2H3,(H,13,14)/b10-7+/t11-/m1/s1. The van der Waals surface area contributed by atoms with E-state index in [1.54, 1.807) is 6.08 Å². The van der Waals surface area contributed by atoms with Gasteiger partial charge in [0, 0.05) is 19.2 Å². The SMILES string of the molecule is CC/C(C)=C/C(=O)NC[C@H]1CCCOC1. The number of amides is 1. The predicted molar refractivity (Wildman–Crippen MR) is 60.6 cm³/mol. The fourth-order valence-corrected chi connectivity index (χ4v) is 1.59. The Hall–Kier alpha value is -0.830. The molecule has 1 aliphatic rings. The van der Waals surface area contributed by atoms with Crippen LogP contribution in [0.4, 0.5) is 0 Å². The molecule has 1 amide bonds. The molecule has 1 aliphatic heterocycles. The molecule has 0 saturated carbocycles. The molecule has 0 aromatic heterocycles. The summed E-state index contributed by atoms with van der Waals surface area (Å²) in [7, 11) is 0. The molecule has 1 atom stereocenters. The summed E-state index contributed by atoms with van der Waals surface area (Å²) in [5.74, 6) is 0.526. The van der Waals surface area contributed by atoms with E-state index >= 15 is 0 Å². The molecule has 15 heavy (non-hydrogen) atoms. The lowest BCUT2D eigenvalue weighted by Gasteiger charge is -2.21. The number of carbonyl (C=O) groups excluding carboxylic acids is 1. The smallest absolute Gasteiger partial charge is 0.243 e. The molecule has 3 heteroatoms. The van der Waals surface area contributed by atoms with Crippen LogP contribution in [0.1, 0.15) is 33.1 Å². The van der Waals surface area contributed by atoms with Gasteiger partial charge in [0.2, 0.25) is 5.91 Å². The molecule has 0 aliphatic carbocycles. The normalized spacial score (nSPS) is 22.5. The predicted octanol–water partition coefficient (Wildman–Crippen LogP) is 1.89. The van der Waals surface area contributed by atoms with E-state index in [1.165, 1.54) is 0 Å². The van der Waals surface area contributed by atoms with Gasteiger partial charge in [-0.2, -0.15) is 0 Å². The Morgan fingerprint density at radius 2 is 2.40 bits per heavy atom. The molecule has 1 saturated heterocycles. The van der Waals surface area contributed by atoms with E-state index < -0.39 is 0 Å². The summed E-state index contributed by atoms with van der Waals surface area (Å²) < 4.78 is 5.35. The lowest BCUT2D eigenvalue weighted by atomic mass is 10.0. The van der Waals surface area contributed by atoms with Crippen molar-refractivity contribution in [3.63, 3.8) is 0 Å². The molecule has 0 spiro atoms. The van der Waals surface area contributed by atoms with Gasteiger partial charge in [0.25, 0.3) is 0 Å². The molecule has 1 rings (SSSR count). The quantitative estimate of drug-likeness (QED) is 0.721. The third-order valence-electron chi connectivity index (χ3n) is 2.75. The molecule has 3 nitrogen and oxygen atoms in total. The zero-order valence-corrected chi connectivity index (χ0v) is 9.71. The number of ether oxygens (including phenoxy) is 1. The second-order valence-electron chi connectivity index (χ2n) is 4.17. The number of rotatable bonds is 4. The molecule has 1 N–H and O–H groups in total. The minimum atomic E-state index is 0.0277. The Labute approximate surface area is 91.9 Å². The summed E-state index contributed by atoms with van der Waals surface area (Å²) in [5.41, 5.74) is 1.12. The highest BCUT2D eigenvalue weighted by Gasteiger charge is 2.13. The molecule has 0 radical (unpaired) electrons. The van der Waals surface area contributed by atoms with Crippen LogP contribution in [-0.4, -0.2) is 25.7 Å². The summed E-state index contributed by atoms with van der Waals surface area (Å²) >= 11 is 0. The summed E-state index contributed by atoms with van der Waals surface area (Å²) in [6, 6.07) is 0. The number of allylic oxidation sites excluding steroid dienone is 1. The van der Waals surface area contributed by atoms with Crippen LogP contribution in [-0.2, 0) is 9.53 Å². The second kappa shape index (κ2) is 6.62. The molecule has 0 aromatic rings. The van der Waals surface area contributed by atoms with E-state index in [2.05, 4.69) is 5.32 Å². The van der Waals surface area contributed by atoms with Crippen molar-refractivity contribution in [2.75, 3.05) is 19.8 Å². The van der Waals surface area contributed by atoms with Crippen LogP contribution in [0, 0.1) is 5.92 Å². The van der Waals surface area contributed by atoms with Crippen molar-refractivity contribution in [1.29, 1.82) is 0 Å². The third-order valence-corrected chi connectivity index (χ3v) is 2.75. The summed E-state index contributed by atoms with van der Waals surface area (Å²) in [6.07, 6.45) is 4.89. The first kappa shape index (κ1) is 12.2. The van der Waals surface area contributed by atoms with Crippen molar-refractivity contribution in [3.05, 3.63) is 11.6 Å². The lowest BCUT2D eigenvalue weighted by molar-refractivity contribution is -0.116. The van der Waals surface area contributed by atoms with Crippen LogP contribution >= 0.6 is 0 Å². The second-order valence-corrected chi connectivity index (χ2v) is 4.17. The van der Waals surface area contributed by atoms with Crippen molar-refractivity contribution in [1.82, 2.24) is 5.32 Å². The van der Waals surface area contributed by atoms with Crippen LogP contribution in [0.15, 0.2) is 11.6 Å². The van der Waals surface area contributed by atoms with E-state index in [0.29, 0.717) is 5.92 Å². The highest BCUT2D eigenvalue weighted by Crippen LogP contribution is 2.12. The van der Waals surface area contributed by atoms with Crippen LogP contribution in [0.3, 0.4) is 0 Å². The monoisotopic (exact) mass is 211 g/mol. The van der Waals surface area contributed by atoms with E-state index in [-0.39, 0.29) is 5.91 Å². The van der Waals surface area contributed by atoms with Gasteiger partial charge < -0.3 is 10.1 Å². The Bertz CT molecular complexity index is 230. The average Bonchev–Trinajstić information content (AvgIpc) is 2.27. The van der Waals surface area contributed by atoms with Gasteiger partial charge in [-0.25, -0.2) is 0 Å². The molecular weight excluding hydrogens is 190 g/mol. The highest BCUT2D eigenvalue weighted by molar-refractivity contribution is 5.88. The molecule has 0 bridgehead atoms. The fraction of sp³-hybridized carbons (Fsp3) is 0.750. The molecule has 1 fully saturated rings. The molecule has 86 valence electrons. The molecular formula is C12H21NO2. The van der Waals surface area contributed by atoms with Crippen LogP contribution < -0.4 is 5.32 Å². The van der Waals surface area contributed by atoms with Crippen LogP contribution in [0.5, 0.6) is 0 Å². The van der Waals surface area contributed by atoms with Crippen molar-refractivity contribution in [2.24, 2.45) is 5.92 Å². The average molecular weight is 211 g/mol. The first-order valence-electron chi connectivity index (χ1n) is 5.75. The lowest BCUT2D eigenvalue weighted by Crippen LogP contribution is -2.32. The van der Waals surface area contributed by atoms with Crippen molar-refractivity contribution >= 4 is 5.91 Å². The maximum absolute atomic E-state index is 11.4. The third kappa shape index (κ3) is 4.98. The minimum absolute atomic E-state index is 0.0277.